The topological polar surface area (TPSA) is 69.8 Å². The molecule has 2 heterocycles. The first-order valence-corrected chi connectivity index (χ1v) is 5.93. The summed E-state index contributed by atoms with van der Waals surface area (Å²) in [6.45, 7) is 1.52. The zero-order valence-corrected chi connectivity index (χ0v) is 10.4. The van der Waals surface area contributed by atoms with Gasteiger partial charge in [-0.25, -0.2) is 4.79 Å². The molecule has 6 heteroatoms. The fourth-order valence-corrected chi connectivity index (χ4v) is 2.19. The van der Waals surface area contributed by atoms with E-state index in [1.807, 2.05) is 36.2 Å². The summed E-state index contributed by atoms with van der Waals surface area (Å²) in [5.41, 5.74) is 1.96. The number of fused-ring (bicyclic) bond motifs is 1. The Bertz CT molecular complexity index is 623. The van der Waals surface area contributed by atoms with Crippen molar-refractivity contribution in [3.63, 3.8) is 0 Å². The summed E-state index contributed by atoms with van der Waals surface area (Å²) in [4.78, 5) is 18.9. The maximum atomic E-state index is 10.8. The summed E-state index contributed by atoms with van der Waals surface area (Å²) in [5, 5.41) is 8.88. The van der Waals surface area contributed by atoms with Crippen molar-refractivity contribution in [3.05, 3.63) is 36.2 Å². The zero-order valence-electron chi connectivity index (χ0n) is 10.4. The fraction of sp³-hybridized carbons (Fsp3) is 0.231. The number of oxazole rings is 1. The number of anilines is 3. The van der Waals surface area contributed by atoms with Crippen molar-refractivity contribution in [2.75, 3.05) is 29.9 Å². The number of nitrogens with zero attached hydrogens (tertiary/aromatic N) is 3. The van der Waals surface area contributed by atoms with Crippen molar-refractivity contribution in [1.82, 2.24) is 4.98 Å². The van der Waals surface area contributed by atoms with Gasteiger partial charge in [0, 0.05) is 20.1 Å². The van der Waals surface area contributed by atoms with E-state index in [2.05, 4.69) is 9.88 Å². The predicted molar refractivity (Wildman–Crippen MR) is 70.2 cm³/mol. The van der Waals surface area contributed by atoms with E-state index in [0.717, 1.165) is 17.9 Å². The molecule has 0 unspecified atom stereocenters. The third kappa shape index (κ3) is 1.91. The lowest BCUT2D eigenvalue weighted by atomic mass is 10.2. The maximum absolute atomic E-state index is 10.8. The van der Waals surface area contributed by atoms with Crippen molar-refractivity contribution in [3.8, 4) is 0 Å². The van der Waals surface area contributed by atoms with Gasteiger partial charge in [-0.15, -0.1) is 0 Å². The van der Waals surface area contributed by atoms with Crippen LogP contribution in [0.25, 0.3) is 0 Å². The van der Waals surface area contributed by atoms with Crippen molar-refractivity contribution in [2.24, 2.45) is 0 Å². The first-order chi connectivity index (χ1) is 9.16. The van der Waals surface area contributed by atoms with Crippen LogP contribution in [0.2, 0.25) is 0 Å². The molecule has 0 atom stereocenters. The SMILES string of the molecule is CN1CCN(c2nc(C(=O)O)co2)c2ccccc21. The Kier molecular flexibility index (Phi) is 2.63. The number of benzene rings is 1. The number of likely N-dealkylation sites (N-methyl/N-ethyl adjacent to an activating group) is 1. The van der Waals surface area contributed by atoms with Crippen LogP contribution in [-0.2, 0) is 0 Å². The van der Waals surface area contributed by atoms with Crippen molar-refractivity contribution < 1.29 is 14.3 Å². The lowest BCUT2D eigenvalue weighted by Crippen LogP contribution is -2.36. The number of carboxylic acids is 1. The fourth-order valence-electron chi connectivity index (χ4n) is 2.19. The second-order valence-electron chi connectivity index (χ2n) is 4.38. The molecule has 0 bridgehead atoms. The molecule has 1 aromatic heterocycles. The van der Waals surface area contributed by atoms with Crippen LogP contribution in [-0.4, -0.2) is 36.2 Å². The molecule has 0 radical (unpaired) electrons. The van der Waals surface area contributed by atoms with Crippen molar-refractivity contribution in [1.29, 1.82) is 0 Å². The lowest BCUT2D eigenvalue weighted by Gasteiger charge is -2.34. The number of aromatic carboxylic acids is 1. The van der Waals surface area contributed by atoms with E-state index in [1.54, 1.807) is 0 Å². The molecule has 0 spiro atoms. The average molecular weight is 259 g/mol. The number of hydrogen-bond donors (Lipinski definition) is 1. The summed E-state index contributed by atoms with van der Waals surface area (Å²) in [5.74, 6) is -1.09. The molecule has 0 aliphatic carbocycles. The Hall–Kier alpha value is -2.50. The van der Waals surface area contributed by atoms with Gasteiger partial charge < -0.3 is 14.4 Å². The summed E-state index contributed by atoms with van der Waals surface area (Å²) in [7, 11) is 2.02. The molecule has 1 aromatic carbocycles. The van der Waals surface area contributed by atoms with Crippen molar-refractivity contribution >= 4 is 23.4 Å². The summed E-state index contributed by atoms with van der Waals surface area (Å²) in [6, 6.07) is 8.21. The van der Waals surface area contributed by atoms with Crippen LogP contribution < -0.4 is 9.80 Å². The molecule has 6 nitrogen and oxygen atoms in total. The van der Waals surface area contributed by atoms with E-state index in [9.17, 15) is 4.79 Å². The second-order valence-corrected chi connectivity index (χ2v) is 4.38. The van der Waals surface area contributed by atoms with Crippen LogP contribution in [0.1, 0.15) is 10.5 Å². The monoisotopic (exact) mass is 259 g/mol. The minimum Gasteiger partial charge on any atom is -0.476 e. The second kappa shape index (κ2) is 4.31. The van der Waals surface area contributed by atoms with E-state index in [1.165, 1.54) is 6.26 Å². The molecule has 0 fully saturated rings. The van der Waals surface area contributed by atoms with Gasteiger partial charge >= 0.3 is 12.0 Å². The average Bonchev–Trinajstić information content (AvgIpc) is 2.89. The molecular formula is C13H13N3O3. The van der Waals surface area contributed by atoms with Gasteiger partial charge in [0.1, 0.15) is 6.26 Å². The Labute approximate surface area is 109 Å². The standard InChI is InChI=1S/C13H13N3O3/c1-15-6-7-16(11-5-3-2-4-10(11)15)13-14-9(8-19-13)12(17)18/h2-5,8H,6-7H2,1H3,(H,17,18). The first kappa shape index (κ1) is 11.6. The summed E-state index contributed by atoms with van der Waals surface area (Å²) in [6.07, 6.45) is 1.17. The van der Waals surface area contributed by atoms with E-state index in [0.29, 0.717) is 12.6 Å². The number of aromatic nitrogens is 1. The van der Waals surface area contributed by atoms with Gasteiger partial charge in [-0.3, -0.25) is 4.90 Å². The first-order valence-electron chi connectivity index (χ1n) is 5.93. The number of carboxylic acid groups (broad SMARTS) is 1. The Morgan fingerprint density at radius 1 is 1.32 bits per heavy atom. The molecule has 0 amide bonds. The predicted octanol–water partition coefficient (Wildman–Crippen LogP) is 1.96. The molecule has 1 N–H and O–H groups in total. The minimum absolute atomic E-state index is 0.0774. The van der Waals surface area contributed by atoms with E-state index < -0.39 is 5.97 Å². The maximum Gasteiger partial charge on any atom is 0.357 e. The van der Waals surface area contributed by atoms with Crippen molar-refractivity contribution in [2.45, 2.75) is 0 Å². The van der Waals surface area contributed by atoms with Crippen LogP contribution in [0.5, 0.6) is 0 Å². The van der Waals surface area contributed by atoms with Crippen LogP contribution in [0.3, 0.4) is 0 Å². The van der Waals surface area contributed by atoms with Gasteiger partial charge in [0.25, 0.3) is 0 Å². The Morgan fingerprint density at radius 2 is 2.05 bits per heavy atom. The lowest BCUT2D eigenvalue weighted by molar-refractivity contribution is 0.0690. The summed E-state index contributed by atoms with van der Waals surface area (Å²) >= 11 is 0. The highest BCUT2D eigenvalue weighted by molar-refractivity contribution is 5.85. The van der Waals surface area contributed by atoms with Gasteiger partial charge in [0.05, 0.1) is 11.4 Å². The minimum atomic E-state index is -1.09. The van der Waals surface area contributed by atoms with Gasteiger partial charge in [-0.2, -0.15) is 4.98 Å². The zero-order chi connectivity index (χ0) is 13.4. The molecule has 98 valence electrons. The van der Waals surface area contributed by atoms with Crippen LogP contribution in [0.15, 0.2) is 34.9 Å². The molecule has 0 saturated carbocycles. The molecule has 3 rings (SSSR count). The normalized spacial score (nSPS) is 14.4. The molecule has 19 heavy (non-hydrogen) atoms. The van der Waals surface area contributed by atoms with Crippen LogP contribution >= 0.6 is 0 Å². The molecule has 1 aliphatic rings. The molecule has 0 saturated heterocycles. The van der Waals surface area contributed by atoms with Crippen LogP contribution in [0, 0.1) is 0 Å². The van der Waals surface area contributed by atoms with Crippen LogP contribution in [0.4, 0.5) is 17.4 Å². The number of para-hydroxylation sites is 2. The molecule has 1 aliphatic heterocycles. The van der Waals surface area contributed by atoms with E-state index >= 15 is 0 Å². The molecule has 2 aromatic rings. The highest BCUT2D eigenvalue weighted by Crippen LogP contribution is 2.36. The van der Waals surface area contributed by atoms with E-state index in [4.69, 9.17) is 9.52 Å². The third-order valence-corrected chi connectivity index (χ3v) is 3.18. The Balaban J connectivity index is 2.02. The number of hydrogen-bond acceptors (Lipinski definition) is 5. The highest BCUT2D eigenvalue weighted by atomic mass is 16.4. The van der Waals surface area contributed by atoms with Gasteiger partial charge in [-0.1, -0.05) is 12.1 Å². The summed E-state index contributed by atoms with van der Waals surface area (Å²) < 4.78 is 5.27. The molecular weight excluding hydrogens is 246 g/mol. The number of rotatable bonds is 2. The van der Waals surface area contributed by atoms with Gasteiger partial charge in [0.2, 0.25) is 0 Å². The largest absolute Gasteiger partial charge is 0.476 e. The Morgan fingerprint density at radius 3 is 2.74 bits per heavy atom. The third-order valence-electron chi connectivity index (χ3n) is 3.18. The highest BCUT2D eigenvalue weighted by Gasteiger charge is 2.25. The van der Waals surface area contributed by atoms with Gasteiger partial charge in [0.15, 0.2) is 5.69 Å². The van der Waals surface area contributed by atoms with Gasteiger partial charge in [-0.05, 0) is 12.1 Å². The smallest absolute Gasteiger partial charge is 0.357 e. The van der Waals surface area contributed by atoms with E-state index in [-0.39, 0.29) is 5.69 Å². The number of carbonyl (C=O) groups is 1. The quantitative estimate of drug-likeness (QED) is 0.889.